The minimum absolute atomic E-state index is 0.661. The first kappa shape index (κ1) is 9.83. The second-order valence-electron chi connectivity index (χ2n) is 3.78. The quantitative estimate of drug-likeness (QED) is 0.623. The third-order valence-electron chi connectivity index (χ3n) is 2.72. The van der Waals surface area contributed by atoms with Gasteiger partial charge >= 0.3 is 0 Å². The van der Waals surface area contributed by atoms with Crippen molar-refractivity contribution in [3.63, 3.8) is 0 Å². The summed E-state index contributed by atoms with van der Waals surface area (Å²) in [6, 6.07) is 5.66. The molecule has 0 atom stereocenters. The first-order valence-electron chi connectivity index (χ1n) is 5.24. The highest BCUT2D eigenvalue weighted by Crippen LogP contribution is 2.18. The second-order valence-corrected chi connectivity index (χ2v) is 3.78. The molecule has 3 aromatic rings. The molecule has 0 aliphatic heterocycles. The predicted octanol–water partition coefficient (Wildman–Crippen LogP) is 1.20. The number of pyridine rings is 1. The zero-order valence-corrected chi connectivity index (χ0v) is 9.49. The van der Waals surface area contributed by atoms with Gasteiger partial charge in [0.1, 0.15) is 5.69 Å². The van der Waals surface area contributed by atoms with E-state index in [1.165, 1.54) is 0 Å². The Bertz CT molecular complexity index is 673. The molecule has 0 aromatic carbocycles. The average molecular weight is 226 g/mol. The molecule has 3 aromatic heterocycles. The maximum Gasteiger partial charge on any atom is 0.186 e. The largest absolute Gasteiger partial charge is 0.253 e. The topological polar surface area (TPSA) is 68.9 Å². The molecule has 3 rings (SSSR count). The summed E-state index contributed by atoms with van der Waals surface area (Å²) in [5, 5.41) is 11.6. The molecule has 84 valence electrons. The minimum atomic E-state index is 0.661. The van der Waals surface area contributed by atoms with Crippen molar-refractivity contribution in [3.8, 4) is 11.5 Å². The van der Waals surface area contributed by atoms with Gasteiger partial charge in [0.25, 0.3) is 0 Å². The Hall–Kier alpha value is -2.37. The standard InChI is InChI=1S/C11H10N6/c1-7-8(2)13-11(9-5-3-4-6-12-9)17-10(7)14-15-16-17/h3-6H,1-2H3. The minimum Gasteiger partial charge on any atom is -0.253 e. The molecule has 0 unspecified atom stereocenters. The number of nitrogens with zero attached hydrogens (tertiary/aromatic N) is 6. The lowest BCUT2D eigenvalue weighted by atomic mass is 10.2. The monoisotopic (exact) mass is 226 g/mol. The Balaban J connectivity index is 2.38. The normalized spacial score (nSPS) is 10.9. The molecule has 0 spiro atoms. The van der Waals surface area contributed by atoms with E-state index in [1.807, 2.05) is 32.0 Å². The van der Waals surface area contributed by atoms with Gasteiger partial charge in [0, 0.05) is 17.5 Å². The van der Waals surface area contributed by atoms with Crippen LogP contribution in [0.3, 0.4) is 0 Å². The van der Waals surface area contributed by atoms with Crippen LogP contribution in [0.2, 0.25) is 0 Å². The fourth-order valence-corrected chi connectivity index (χ4v) is 1.68. The van der Waals surface area contributed by atoms with E-state index in [1.54, 1.807) is 10.7 Å². The van der Waals surface area contributed by atoms with Crippen LogP contribution >= 0.6 is 0 Å². The Kier molecular flexibility index (Phi) is 2.07. The third-order valence-corrected chi connectivity index (χ3v) is 2.72. The summed E-state index contributed by atoms with van der Waals surface area (Å²) < 4.78 is 1.62. The van der Waals surface area contributed by atoms with Crippen LogP contribution in [0.15, 0.2) is 24.4 Å². The van der Waals surface area contributed by atoms with Crippen LogP contribution in [-0.4, -0.2) is 30.0 Å². The molecule has 6 heteroatoms. The molecule has 0 aliphatic carbocycles. The van der Waals surface area contributed by atoms with Crippen LogP contribution in [0.1, 0.15) is 11.3 Å². The molecule has 0 amide bonds. The maximum atomic E-state index is 4.50. The number of tetrazole rings is 1. The summed E-state index contributed by atoms with van der Waals surface area (Å²) >= 11 is 0. The van der Waals surface area contributed by atoms with E-state index >= 15 is 0 Å². The molecule has 0 radical (unpaired) electrons. The van der Waals surface area contributed by atoms with E-state index in [0.717, 1.165) is 22.6 Å². The Morgan fingerprint density at radius 1 is 1.18 bits per heavy atom. The summed E-state index contributed by atoms with van der Waals surface area (Å²) in [6.07, 6.45) is 1.72. The second kappa shape index (κ2) is 3.58. The maximum absolute atomic E-state index is 4.50. The number of rotatable bonds is 1. The Labute approximate surface area is 97.3 Å². The molecular formula is C11H10N6. The van der Waals surface area contributed by atoms with E-state index in [0.29, 0.717) is 5.82 Å². The van der Waals surface area contributed by atoms with Crippen molar-refractivity contribution in [3.05, 3.63) is 35.7 Å². The van der Waals surface area contributed by atoms with Crippen LogP contribution in [0, 0.1) is 13.8 Å². The lowest BCUT2D eigenvalue weighted by Crippen LogP contribution is -2.03. The molecule has 0 aliphatic rings. The highest BCUT2D eigenvalue weighted by Gasteiger charge is 2.13. The van der Waals surface area contributed by atoms with Gasteiger partial charge in [0.05, 0.1) is 0 Å². The molecule has 6 nitrogen and oxygen atoms in total. The van der Waals surface area contributed by atoms with E-state index < -0.39 is 0 Å². The third kappa shape index (κ3) is 1.45. The van der Waals surface area contributed by atoms with Crippen molar-refractivity contribution in [1.82, 2.24) is 30.0 Å². The summed E-state index contributed by atoms with van der Waals surface area (Å²) in [7, 11) is 0. The zero-order valence-electron chi connectivity index (χ0n) is 9.49. The van der Waals surface area contributed by atoms with Crippen molar-refractivity contribution in [2.75, 3.05) is 0 Å². The lowest BCUT2D eigenvalue weighted by Gasteiger charge is -2.05. The number of fused-ring (bicyclic) bond motifs is 1. The lowest BCUT2D eigenvalue weighted by molar-refractivity contribution is 0.809. The summed E-state index contributed by atoms with van der Waals surface area (Å²) in [4.78, 5) is 8.77. The number of aryl methyl sites for hydroxylation is 2. The number of hydrogen-bond donors (Lipinski definition) is 0. The summed E-state index contributed by atoms with van der Waals surface area (Å²) in [5.74, 6) is 0.661. The number of aromatic nitrogens is 6. The van der Waals surface area contributed by atoms with E-state index in [9.17, 15) is 0 Å². The Morgan fingerprint density at radius 2 is 2.06 bits per heavy atom. The zero-order chi connectivity index (χ0) is 11.8. The van der Waals surface area contributed by atoms with Gasteiger partial charge < -0.3 is 0 Å². The van der Waals surface area contributed by atoms with Gasteiger partial charge in [-0.05, 0) is 36.4 Å². The fourth-order valence-electron chi connectivity index (χ4n) is 1.68. The van der Waals surface area contributed by atoms with E-state index in [4.69, 9.17) is 0 Å². The first-order chi connectivity index (χ1) is 8.27. The SMILES string of the molecule is Cc1nc(-c2ccccn2)n2nnnc2c1C. The van der Waals surface area contributed by atoms with Crippen LogP contribution in [-0.2, 0) is 0 Å². The van der Waals surface area contributed by atoms with Crippen LogP contribution < -0.4 is 0 Å². The van der Waals surface area contributed by atoms with Gasteiger partial charge in [-0.3, -0.25) is 4.98 Å². The molecule has 0 bridgehead atoms. The van der Waals surface area contributed by atoms with Crippen molar-refractivity contribution in [1.29, 1.82) is 0 Å². The van der Waals surface area contributed by atoms with Gasteiger partial charge in [0.15, 0.2) is 11.5 Å². The molecule has 0 saturated heterocycles. The molecule has 17 heavy (non-hydrogen) atoms. The van der Waals surface area contributed by atoms with E-state index in [2.05, 4.69) is 25.5 Å². The van der Waals surface area contributed by atoms with Crippen molar-refractivity contribution in [2.45, 2.75) is 13.8 Å². The van der Waals surface area contributed by atoms with Crippen LogP contribution in [0.25, 0.3) is 17.2 Å². The van der Waals surface area contributed by atoms with Crippen molar-refractivity contribution < 1.29 is 0 Å². The summed E-state index contributed by atoms with van der Waals surface area (Å²) in [5.41, 5.74) is 3.37. The first-order valence-corrected chi connectivity index (χ1v) is 5.24. The average Bonchev–Trinajstić information content (AvgIpc) is 2.84. The van der Waals surface area contributed by atoms with Crippen molar-refractivity contribution >= 4 is 5.65 Å². The summed E-state index contributed by atoms with van der Waals surface area (Å²) in [6.45, 7) is 3.90. The van der Waals surface area contributed by atoms with E-state index in [-0.39, 0.29) is 0 Å². The van der Waals surface area contributed by atoms with Gasteiger partial charge in [-0.15, -0.1) is 5.10 Å². The highest BCUT2D eigenvalue weighted by atomic mass is 15.5. The predicted molar refractivity (Wildman–Crippen MR) is 61.3 cm³/mol. The number of hydrogen-bond acceptors (Lipinski definition) is 5. The van der Waals surface area contributed by atoms with Crippen LogP contribution in [0.5, 0.6) is 0 Å². The van der Waals surface area contributed by atoms with Gasteiger partial charge in [-0.2, -0.15) is 4.52 Å². The molecule has 0 N–H and O–H groups in total. The van der Waals surface area contributed by atoms with Gasteiger partial charge in [-0.1, -0.05) is 6.07 Å². The highest BCUT2D eigenvalue weighted by molar-refractivity contribution is 5.57. The van der Waals surface area contributed by atoms with Crippen molar-refractivity contribution in [2.24, 2.45) is 0 Å². The fraction of sp³-hybridized carbons (Fsp3) is 0.182. The van der Waals surface area contributed by atoms with Gasteiger partial charge in [-0.25, -0.2) is 4.98 Å². The molecular weight excluding hydrogens is 216 g/mol. The molecule has 3 heterocycles. The smallest absolute Gasteiger partial charge is 0.186 e. The molecule has 0 fully saturated rings. The van der Waals surface area contributed by atoms with Crippen LogP contribution in [0.4, 0.5) is 0 Å². The molecule has 0 saturated carbocycles. The Morgan fingerprint density at radius 3 is 2.82 bits per heavy atom. The van der Waals surface area contributed by atoms with Gasteiger partial charge in [0.2, 0.25) is 0 Å².